The second-order valence-corrected chi connectivity index (χ2v) is 6.05. The molecule has 0 radical (unpaired) electrons. The van der Waals surface area contributed by atoms with E-state index in [-0.39, 0.29) is 5.25 Å². The van der Waals surface area contributed by atoms with Crippen LogP contribution in [-0.4, -0.2) is 9.46 Å². The number of benzene rings is 1. The molecule has 1 aromatic carbocycles. The number of aryl methyl sites for hydroxylation is 2. The summed E-state index contributed by atoms with van der Waals surface area (Å²) in [5, 5.41) is 8.51. The summed E-state index contributed by atoms with van der Waals surface area (Å²) in [7, 11) is -0.955. The van der Waals surface area contributed by atoms with Crippen LogP contribution in [0.3, 0.4) is 0 Å². The third-order valence-corrected chi connectivity index (χ3v) is 4.10. The molecule has 0 aliphatic rings. The molecule has 0 aliphatic carbocycles. The average Bonchev–Trinajstić information content (AvgIpc) is 2.16. The van der Waals surface area contributed by atoms with Crippen molar-refractivity contribution in [2.75, 3.05) is 0 Å². The third-order valence-electron chi connectivity index (χ3n) is 2.42. The Morgan fingerprint density at radius 1 is 1.31 bits per heavy atom. The predicted molar refractivity (Wildman–Crippen MR) is 67.5 cm³/mol. The largest absolute Gasteiger partial charge is 0.259 e. The molecule has 2 nitrogen and oxygen atoms in total. The van der Waals surface area contributed by atoms with Crippen LogP contribution in [0.2, 0.25) is 0 Å². The van der Waals surface area contributed by atoms with Crippen molar-refractivity contribution in [3.05, 3.63) is 34.9 Å². The normalized spacial score (nSPS) is 14.1. The van der Waals surface area contributed by atoms with Gasteiger partial charge in [-0.3, -0.25) is 4.21 Å². The van der Waals surface area contributed by atoms with Gasteiger partial charge < -0.3 is 0 Å². The second-order valence-electron chi connectivity index (χ2n) is 4.19. The molecule has 0 aromatic heterocycles. The van der Waals surface area contributed by atoms with Crippen molar-refractivity contribution >= 4 is 10.8 Å². The Kier molecular flexibility index (Phi) is 4.70. The lowest BCUT2D eigenvalue weighted by Gasteiger charge is -2.09. The lowest BCUT2D eigenvalue weighted by molar-refractivity contribution is 0.673. The van der Waals surface area contributed by atoms with Crippen molar-refractivity contribution in [3.63, 3.8) is 0 Å². The Morgan fingerprint density at radius 2 is 1.88 bits per heavy atom. The van der Waals surface area contributed by atoms with Gasteiger partial charge in [-0.05, 0) is 26.3 Å². The molecule has 2 atom stereocenters. The fraction of sp³-hybridized carbons (Fsp3) is 0.462. The van der Waals surface area contributed by atoms with E-state index in [0.29, 0.717) is 12.2 Å². The van der Waals surface area contributed by atoms with Crippen LogP contribution in [0.4, 0.5) is 0 Å². The molecule has 86 valence electrons. The van der Waals surface area contributed by atoms with E-state index in [1.54, 1.807) is 0 Å². The molecule has 0 fully saturated rings. The van der Waals surface area contributed by atoms with Crippen molar-refractivity contribution in [3.8, 4) is 6.07 Å². The molecule has 0 aliphatic heterocycles. The number of rotatable bonds is 4. The Morgan fingerprint density at radius 3 is 2.38 bits per heavy atom. The molecule has 16 heavy (non-hydrogen) atoms. The number of hydrogen-bond acceptors (Lipinski definition) is 2. The minimum absolute atomic E-state index is 0.0502. The lowest BCUT2D eigenvalue weighted by Crippen LogP contribution is -2.12. The third kappa shape index (κ3) is 3.79. The van der Waals surface area contributed by atoms with E-state index in [1.807, 2.05) is 20.8 Å². The van der Waals surface area contributed by atoms with Gasteiger partial charge in [0.2, 0.25) is 0 Å². The van der Waals surface area contributed by atoms with E-state index in [1.165, 1.54) is 11.1 Å². The van der Waals surface area contributed by atoms with Gasteiger partial charge in [-0.2, -0.15) is 5.26 Å². The highest BCUT2D eigenvalue weighted by Gasteiger charge is 2.11. The van der Waals surface area contributed by atoms with E-state index in [9.17, 15) is 4.21 Å². The zero-order valence-corrected chi connectivity index (χ0v) is 10.8. The summed E-state index contributed by atoms with van der Waals surface area (Å²) >= 11 is 0. The summed E-state index contributed by atoms with van der Waals surface area (Å²) in [6.07, 6.45) is 0.359. The van der Waals surface area contributed by atoms with Crippen LogP contribution in [0.5, 0.6) is 0 Å². The first kappa shape index (κ1) is 12.9. The van der Waals surface area contributed by atoms with Crippen molar-refractivity contribution in [1.29, 1.82) is 5.26 Å². The molecule has 0 amide bonds. The summed E-state index contributed by atoms with van der Waals surface area (Å²) < 4.78 is 11.9. The van der Waals surface area contributed by atoms with E-state index in [2.05, 4.69) is 24.3 Å². The van der Waals surface area contributed by atoms with Crippen LogP contribution < -0.4 is 0 Å². The average molecular weight is 235 g/mol. The van der Waals surface area contributed by atoms with Gasteiger partial charge in [-0.15, -0.1) is 0 Å². The summed E-state index contributed by atoms with van der Waals surface area (Å²) in [6.45, 7) is 5.94. The van der Waals surface area contributed by atoms with Crippen LogP contribution in [0.15, 0.2) is 18.2 Å². The highest BCUT2D eigenvalue weighted by molar-refractivity contribution is 7.84. The van der Waals surface area contributed by atoms with Gasteiger partial charge >= 0.3 is 0 Å². The molecule has 0 saturated heterocycles. The van der Waals surface area contributed by atoms with Gasteiger partial charge in [-0.25, -0.2) is 0 Å². The maximum atomic E-state index is 11.9. The minimum Gasteiger partial charge on any atom is -0.259 e. The second kappa shape index (κ2) is 5.81. The van der Waals surface area contributed by atoms with Crippen molar-refractivity contribution < 1.29 is 4.21 Å². The number of nitriles is 1. The summed E-state index contributed by atoms with van der Waals surface area (Å²) in [4.78, 5) is 0. The standard InChI is InChI=1S/C13H17NOS/c1-10-6-11(2)8-13(7-10)9-16(15)12(3)4-5-14/h6-8,12H,4,9H2,1-3H3. The van der Waals surface area contributed by atoms with E-state index in [4.69, 9.17) is 5.26 Å². The fourth-order valence-corrected chi connectivity index (χ4v) is 2.72. The molecule has 1 rings (SSSR count). The molecule has 0 spiro atoms. The Bertz CT molecular complexity index is 414. The van der Waals surface area contributed by atoms with Gasteiger partial charge in [0.15, 0.2) is 0 Å². The zero-order chi connectivity index (χ0) is 12.1. The Labute approximate surface area is 99.8 Å². The molecule has 1 aromatic rings. The van der Waals surface area contributed by atoms with Crippen molar-refractivity contribution in [1.82, 2.24) is 0 Å². The minimum atomic E-state index is -0.955. The van der Waals surface area contributed by atoms with Crippen LogP contribution >= 0.6 is 0 Å². The smallest absolute Gasteiger partial charge is 0.0634 e. The maximum absolute atomic E-state index is 11.9. The molecule has 0 heterocycles. The highest BCUT2D eigenvalue weighted by atomic mass is 32.2. The van der Waals surface area contributed by atoms with Crippen LogP contribution in [0.1, 0.15) is 30.0 Å². The molecular formula is C13H17NOS. The van der Waals surface area contributed by atoms with Gasteiger partial charge in [0, 0.05) is 28.2 Å². The van der Waals surface area contributed by atoms with E-state index < -0.39 is 10.8 Å². The van der Waals surface area contributed by atoms with Gasteiger partial charge in [0.05, 0.1) is 6.07 Å². The predicted octanol–water partition coefficient (Wildman–Crippen LogP) is 2.85. The first-order valence-electron chi connectivity index (χ1n) is 5.34. The van der Waals surface area contributed by atoms with Gasteiger partial charge in [0.25, 0.3) is 0 Å². The SMILES string of the molecule is Cc1cc(C)cc(CS(=O)C(C)CC#N)c1. The zero-order valence-electron chi connectivity index (χ0n) is 9.99. The van der Waals surface area contributed by atoms with E-state index in [0.717, 1.165) is 5.56 Å². The molecule has 0 saturated carbocycles. The van der Waals surface area contributed by atoms with Crippen molar-refractivity contribution in [2.45, 2.75) is 38.2 Å². The van der Waals surface area contributed by atoms with E-state index >= 15 is 0 Å². The molecular weight excluding hydrogens is 218 g/mol. The lowest BCUT2D eigenvalue weighted by atomic mass is 10.1. The molecule has 3 heteroatoms. The monoisotopic (exact) mass is 235 g/mol. The maximum Gasteiger partial charge on any atom is 0.0634 e. The number of hydrogen-bond donors (Lipinski definition) is 0. The summed E-state index contributed by atoms with van der Waals surface area (Å²) in [5.74, 6) is 0.547. The Hall–Kier alpha value is -1.14. The molecule has 0 bridgehead atoms. The quantitative estimate of drug-likeness (QED) is 0.805. The van der Waals surface area contributed by atoms with Crippen molar-refractivity contribution in [2.24, 2.45) is 0 Å². The van der Waals surface area contributed by atoms with Gasteiger partial charge in [-0.1, -0.05) is 29.3 Å². The summed E-state index contributed by atoms with van der Waals surface area (Å²) in [5.41, 5.74) is 3.49. The fourth-order valence-electron chi connectivity index (χ4n) is 1.68. The first-order valence-corrected chi connectivity index (χ1v) is 6.72. The summed E-state index contributed by atoms with van der Waals surface area (Å²) in [6, 6.07) is 8.29. The Balaban J connectivity index is 2.73. The number of nitrogens with zero attached hydrogens (tertiary/aromatic N) is 1. The van der Waals surface area contributed by atoms with Crippen LogP contribution in [0.25, 0.3) is 0 Å². The van der Waals surface area contributed by atoms with Crippen LogP contribution in [0, 0.1) is 25.2 Å². The van der Waals surface area contributed by atoms with Gasteiger partial charge in [0.1, 0.15) is 0 Å². The molecule has 0 N–H and O–H groups in total. The highest BCUT2D eigenvalue weighted by Crippen LogP contribution is 2.13. The topological polar surface area (TPSA) is 40.9 Å². The molecule has 2 unspecified atom stereocenters. The first-order chi connectivity index (χ1) is 7.52. The van der Waals surface area contributed by atoms with Crippen LogP contribution in [-0.2, 0) is 16.6 Å².